The summed E-state index contributed by atoms with van der Waals surface area (Å²) in [7, 11) is 0. The van der Waals surface area contributed by atoms with Crippen molar-refractivity contribution in [2.75, 3.05) is 19.7 Å². The molecule has 0 unspecified atom stereocenters. The first-order valence-corrected chi connectivity index (χ1v) is 7.14. The molecule has 2 rings (SSSR count). The number of carbonyl (C=O) groups is 2. The Balaban J connectivity index is 1.65. The van der Waals surface area contributed by atoms with Gasteiger partial charge in [-0.05, 0) is 24.3 Å². The van der Waals surface area contributed by atoms with Crippen molar-refractivity contribution in [2.45, 2.75) is 0 Å². The predicted molar refractivity (Wildman–Crippen MR) is 83.7 cm³/mol. The Kier molecular flexibility index (Phi) is 6.11. The maximum Gasteiger partial charge on any atom is 0.254 e. The van der Waals surface area contributed by atoms with E-state index in [1.54, 1.807) is 6.07 Å². The summed E-state index contributed by atoms with van der Waals surface area (Å²) < 4.78 is 18.8. The molecule has 0 aromatic heterocycles. The Morgan fingerprint density at radius 3 is 2.39 bits per heavy atom. The second-order valence-electron chi connectivity index (χ2n) is 4.67. The molecule has 0 atom stereocenters. The van der Waals surface area contributed by atoms with Gasteiger partial charge in [-0.3, -0.25) is 9.59 Å². The molecule has 0 saturated heterocycles. The number of carbonyl (C=O) groups excluding carboxylic acids is 2. The van der Waals surface area contributed by atoms with E-state index >= 15 is 0 Å². The predicted octanol–water partition coefficient (Wildman–Crippen LogP) is 1.75. The molecule has 0 fully saturated rings. The van der Waals surface area contributed by atoms with Crippen molar-refractivity contribution in [3.8, 4) is 5.75 Å². The van der Waals surface area contributed by atoms with Gasteiger partial charge in [0.25, 0.3) is 5.91 Å². The van der Waals surface area contributed by atoms with Crippen LogP contribution in [0.2, 0.25) is 0 Å². The molecule has 0 bridgehead atoms. The molecular formula is C17H17FN2O3. The summed E-state index contributed by atoms with van der Waals surface area (Å²) in [5.41, 5.74) is -0.0901. The minimum atomic E-state index is -0.626. The Hall–Kier alpha value is -2.89. The monoisotopic (exact) mass is 316 g/mol. The highest BCUT2D eigenvalue weighted by Gasteiger charge is 2.11. The van der Waals surface area contributed by atoms with E-state index in [2.05, 4.69) is 10.6 Å². The highest BCUT2D eigenvalue weighted by molar-refractivity contribution is 5.96. The fourth-order valence-corrected chi connectivity index (χ4v) is 1.84. The summed E-state index contributed by atoms with van der Waals surface area (Å²) in [4.78, 5) is 23.3. The number of halogens is 1. The molecule has 2 aromatic carbocycles. The summed E-state index contributed by atoms with van der Waals surface area (Å²) in [6.45, 7) is 0.402. The molecule has 0 radical (unpaired) electrons. The fraction of sp³-hybridized carbons (Fsp3) is 0.176. The standard InChI is InChI=1S/C17H17FN2O3/c18-15-9-5-4-8-14(15)17(22)20-12-16(21)19-10-11-23-13-6-2-1-3-7-13/h1-9H,10-12H2,(H,19,21)(H,20,22). The average molecular weight is 316 g/mol. The highest BCUT2D eigenvalue weighted by Crippen LogP contribution is 2.07. The van der Waals surface area contributed by atoms with Crippen LogP contribution in [0.1, 0.15) is 10.4 Å². The molecule has 0 aliphatic carbocycles. The van der Waals surface area contributed by atoms with Gasteiger partial charge in [-0.15, -0.1) is 0 Å². The Morgan fingerprint density at radius 2 is 1.65 bits per heavy atom. The van der Waals surface area contributed by atoms with Crippen molar-refractivity contribution < 1.29 is 18.7 Å². The lowest BCUT2D eigenvalue weighted by molar-refractivity contribution is -0.120. The van der Waals surface area contributed by atoms with E-state index in [0.717, 1.165) is 5.75 Å². The Labute approximate surface area is 133 Å². The van der Waals surface area contributed by atoms with Crippen molar-refractivity contribution in [1.29, 1.82) is 0 Å². The largest absolute Gasteiger partial charge is 0.492 e. The minimum absolute atomic E-state index is 0.0901. The third-order valence-electron chi connectivity index (χ3n) is 2.96. The van der Waals surface area contributed by atoms with Gasteiger partial charge in [-0.25, -0.2) is 4.39 Å². The number of amides is 2. The molecule has 2 N–H and O–H groups in total. The number of nitrogens with one attached hydrogen (secondary N) is 2. The summed E-state index contributed by atoms with van der Waals surface area (Å²) in [6, 6.07) is 14.8. The second kappa shape index (κ2) is 8.53. The lowest BCUT2D eigenvalue weighted by atomic mass is 10.2. The number of rotatable bonds is 7. The molecule has 6 heteroatoms. The molecule has 0 aliphatic rings. The first kappa shape index (κ1) is 16.5. The molecular weight excluding hydrogens is 299 g/mol. The lowest BCUT2D eigenvalue weighted by Gasteiger charge is -2.08. The summed E-state index contributed by atoms with van der Waals surface area (Å²) in [5.74, 6) is -0.901. The fourth-order valence-electron chi connectivity index (χ4n) is 1.84. The van der Waals surface area contributed by atoms with E-state index in [9.17, 15) is 14.0 Å². The zero-order valence-electron chi connectivity index (χ0n) is 12.4. The van der Waals surface area contributed by atoms with Crippen LogP contribution in [-0.2, 0) is 4.79 Å². The molecule has 2 amide bonds. The van der Waals surface area contributed by atoms with Gasteiger partial charge in [0, 0.05) is 0 Å². The van der Waals surface area contributed by atoms with E-state index in [4.69, 9.17) is 4.74 Å². The van der Waals surface area contributed by atoms with E-state index in [1.165, 1.54) is 18.2 Å². The number of hydrogen-bond donors (Lipinski definition) is 2. The molecule has 5 nitrogen and oxygen atoms in total. The zero-order chi connectivity index (χ0) is 16.5. The minimum Gasteiger partial charge on any atom is -0.492 e. The number of para-hydroxylation sites is 1. The SMILES string of the molecule is O=C(CNC(=O)c1ccccc1F)NCCOc1ccccc1. The second-order valence-corrected chi connectivity index (χ2v) is 4.67. The normalized spacial score (nSPS) is 9.96. The van der Waals surface area contributed by atoms with E-state index in [0.29, 0.717) is 13.2 Å². The van der Waals surface area contributed by atoms with Gasteiger partial charge in [-0.2, -0.15) is 0 Å². The molecule has 0 saturated carbocycles. The van der Waals surface area contributed by atoms with Crippen LogP contribution in [-0.4, -0.2) is 31.5 Å². The topological polar surface area (TPSA) is 67.4 Å². The van der Waals surface area contributed by atoms with Crippen LogP contribution in [0.5, 0.6) is 5.75 Å². The average Bonchev–Trinajstić information content (AvgIpc) is 2.58. The van der Waals surface area contributed by atoms with Gasteiger partial charge in [0.2, 0.25) is 5.91 Å². The maximum atomic E-state index is 13.4. The quantitative estimate of drug-likeness (QED) is 0.765. The number of ether oxygens (including phenoxy) is 1. The van der Waals surface area contributed by atoms with Crippen molar-refractivity contribution in [2.24, 2.45) is 0 Å². The third kappa shape index (κ3) is 5.43. The van der Waals surface area contributed by atoms with Crippen LogP contribution in [0.4, 0.5) is 4.39 Å². The Morgan fingerprint density at radius 1 is 0.957 bits per heavy atom. The van der Waals surface area contributed by atoms with Crippen LogP contribution in [0, 0.1) is 5.82 Å². The third-order valence-corrected chi connectivity index (χ3v) is 2.96. The first-order valence-electron chi connectivity index (χ1n) is 7.14. The van der Waals surface area contributed by atoms with Crippen molar-refractivity contribution in [3.05, 3.63) is 66.0 Å². The van der Waals surface area contributed by atoms with Crippen LogP contribution in [0.25, 0.3) is 0 Å². The van der Waals surface area contributed by atoms with Gasteiger partial charge < -0.3 is 15.4 Å². The molecule has 120 valence electrons. The van der Waals surface area contributed by atoms with Gasteiger partial charge in [-0.1, -0.05) is 30.3 Å². The van der Waals surface area contributed by atoms with E-state index in [-0.39, 0.29) is 18.0 Å². The van der Waals surface area contributed by atoms with Crippen LogP contribution in [0.3, 0.4) is 0 Å². The smallest absolute Gasteiger partial charge is 0.254 e. The van der Waals surface area contributed by atoms with E-state index < -0.39 is 11.7 Å². The lowest BCUT2D eigenvalue weighted by Crippen LogP contribution is -2.38. The van der Waals surface area contributed by atoms with Gasteiger partial charge in [0.05, 0.1) is 18.7 Å². The molecule has 0 heterocycles. The zero-order valence-corrected chi connectivity index (χ0v) is 12.4. The maximum absolute atomic E-state index is 13.4. The van der Waals surface area contributed by atoms with E-state index in [1.807, 2.05) is 30.3 Å². The molecule has 2 aromatic rings. The van der Waals surface area contributed by atoms with Crippen LogP contribution >= 0.6 is 0 Å². The van der Waals surface area contributed by atoms with Gasteiger partial charge in [0.1, 0.15) is 18.2 Å². The number of hydrogen-bond acceptors (Lipinski definition) is 3. The molecule has 0 aliphatic heterocycles. The van der Waals surface area contributed by atoms with Gasteiger partial charge in [0.15, 0.2) is 0 Å². The first-order chi connectivity index (χ1) is 11.2. The van der Waals surface area contributed by atoms with Crippen molar-refractivity contribution in [1.82, 2.24) is 10.6 Å². The summed E-state index contributed by atoms with van der Waals surface area (Å²) in [5, 5.41) is 4.97. The number of benzene rings is 2. The van der Waals surface area contributed by atoms with Crippen LogP contribution in [0.15, 0.2) is 54.6 Å². The summed E-state index contributed by atoms with van der Waals surface area (Å²) >= 11 is 0. The summed E-state index contributed by atoms with van der Waals surface area (Å²) in [6.07, 6.45) is 0. The van der Waals surface area contributed by atoms with Crippen molar-refractivity contribution in [3.63, 3.8) is 0 Å². The highest BCUT2D eigenvalue weighted by atomic mass is 19.1. The Bertz CT molecular complexity index is 662. The molecule has 0 spiro atoms. The van der Waals surface area contributed by atoms with Crippen LogP contribution < -0.4 is 15.4 Å². The molecule has 23 heavy (non-hydrogen) atoms. The van der Waals surface area contributed by atoms with Crippen molar-refractivity contribution >= 4 is 11.8 Å². The van der Waals surface area contributed by atoms with Gasteiger partial charge >= 0.3 is 0 Å².